The molecule has 2 aliphatic rings. The Bertz CT molecular complexity index is 719. The molecule has 27 heavy (non-hydrogen) atoms. The molecule has 0 radical (unpaired) electrons. The molecule has 2 amide bonds. The van der Waals surface area contributed by atoms with Gasteiger partial charge in [0.25, 0.3) is 5.91 Å². The van der Waals surface area contributed by atoms with Crippen LogP contribution in [0.15, 0.2) is 11.4 Å². The highest BCUT2D eigenvalue weighted by molar-refractivity contribution is 7.12. The minimum Gasteiger partial charge on any atom is -0.465 e. The number of carboxylic acid groups (broad SMARTS) is 1. The van der Waals surface area contributed by atoms with E-state index >= 15 is 0 Å². The van der Waals surface area contributed by atoms with Crippen molar-refractivity contribution in [2.75, 3.05) is 0 Å². The molecule has 2 fully saturated rings. The molecular weight excluding hydrogens is 374 g/mol. The maximum atomic E-state index is 13.2. The number of hydrogen-bond donors (Lipinski definition) is 2. The van der Waals surface area contributed by atoms with E-state index in [4.69, 9.17) is 0 Å². The highest BCUT2D eigenvalue weighted by Crippen LogP contribution is 2.48. The summed E-state index contributed by atoms with van der Waals surface area (Å²) in [6.45, 7) is 5.62. The van der Waals surface area contributed by atoms with Crippen LogP contribution in [0.4, 0.5) is 13.6 Å². The molecule has 2 saturated carbocycles. The third-order valence-corrected chi connectivity index (χ3v) is 6.29. The smallest absolute Gasteiger partial charge is 0.408 e. The van der Waals surface area contributed by atoms with E-state index in [0.717, 1.165) is 12.0 Å². The van der Waals surface area contributed by atoms with Gasteiger partial charge in [-0.2, -0.15) is 0 Å². The predicted molar refractivity (Wildman–Crippen MR) is 99.8 cm³/mol. The summed E-state index contributed by atoms with van der Waals surface area (Å²) in [4.78, 5) is 26.0. The Kier molecular flexibility index (Phi) is 5.22. The van der Waals surface area contributed by atoms with Crippen LogP contribution in [0.2, 0.25) is 0 Å². The number of alkyl halides is 2. The number of carbonyl (C=O) groups is 2. The molecule has 0 saturated heterocycles. The molecule has 1 aromatic heterocycles. The molecule has 150 valence electrons. The van der Waals surface area contributed by atoms with Gasteiger partial charge in [0, 0.05) is 36.4 Å². The Morgan fingerprint density at radius 3 is 2.48 bits per heavy atom. The lowest BCUT2D eigenvalue weighted by Gasteiger charge is -2.33. The van der Waals surface area contributed by atoms with Crippen LogP contribution < -0.4 is 5.32 Å². The van der Waals surface area contributed by atoms with E-state index in [-0.39, 0.29) is 36.8 Å². The molecule has 0 bridgehead atoms. The van der Waals surface area contributed by atoms with Gasteiger partial charge in [-0.1, -0.05) is 0 Å². The normalized spacial score (nSPS) is 25.1. The fourth-order valence-electron chi connectivity index (χ4n) is 3.86. The van der Waals surface area contributed by atoms with Gasteiger partial charge in [0.1, 0.15) is 0 Å². The first-order valence-corrected chi connectivity index (χ1v) is 10.2. The molecule has 2 aliphatic carbocycles. The lowest BCUT2D eigenvalue weighted by Crippen LogP contribution is -2.46. The standard InChI is InChI=1S/C19H26F2N2O3S/c1-18(2,3)23(17(25)26)14-9-13(14)11-8-15(27-10-11)16(24)22-12-4-6-19(20,21)7-5-12/h8,10,12-14H,4-7,9H2,1-3H3,(H,22,24)(H,25,26)/t13-,14+/m0/s1. The van der Waals surface area contributed by atoms with Crippen LogP contribution in [-0.4, -0.2) is 45.6 Å². The first-order chi connectivity index (χ1) is 12.5. The topological polar surface area (TPSA) is 69.6 Å². The summed E-state index contributed by atoms with van der Waals surface area (Å²) in [5.41, 5.74) is 0.491. The Labute approximate surface area is 161 Å². The number of thiophene rings is 1. The summed E-state index contributed by atoms with van der Waals surface area (Å²) in [5, 5.41) is 14.3. The summed E-state index contributed by atoms with van der Waals surface area (Å²) in [6.07, 6.45) is 0.0304. The zero-order valence-electron chi connectivity index (χ0n) is 15.8. The molecule has 2 N–H and O–H groups in total. The summed E-state index contributed by atoms with van der Waals surface area (Å²) in [6, 6.07) is 1.53. The summed E-state index contributed by atoms with van der Waals surface area (Å²) >= 11 is 1.32. The Balaban J connectivity index is 1.59. The van der Waals surface area contributed by atoms with Crippen LogP contribution in [-0.2, 0) is 0 Å². The lowest BCUT2D eigenvalue weighted by atomic mass is 9.92. The van der Waals surface area contributed by atoms with Crippen molar-refractivity contribution in [3.05, 3.63) is 21.9 Å². The van der Waals surface area contributed by atoms with E-state index < -0.39 is 17.6 Å². The van der Waals surface area contributed by atoms with E-state index in [0.29, 0.717) is 17.7 Å². The summed E-state index contributed by atoms with van der Waals surface area (Å²) < 4.78 is 26.4. The van der Waals surface area contributed by atoms with Crippen LogP contribution in [0, 0.1) is 0 Å². The van der Waals surface area contributed by atoms with Gasteiger partial charge < -0.3 is 10.4 Å². The van der Waals surface area contributed by atoms with Crippen molar-refractivity contribution in [1.29, 1.82) is 0 Å². The number of nitrogens with one attached hydrogen (secondary N) is 1. The highest BCUT2D eigenvalue weighted by Gasteiger charge is 2.49. The van der Waals surface area contributed by atoms with Gasteiger partial charge >= 0.3 is 6.09 Å². The highest BCUT2D eigenvalue weighted by atomic mass is 32.1. The molecule has 0 spiro atoms. The maximum Gasteiger partial charge on any atom is 0.408 e. The second-order valence-electron chi connectivity index (χ2n) is 8.58. The van der Waals surface area contributed by atoms with E-state index in [1.165, 1.54) is 16.2 Å². The third-order valence-electron chi connectivity index (χ3n) is 5.34. The first kappa shape index (κ1) is 20.0. The predicted octanol–water partition coefficient (Wildman–Crippen LogP) is 4.69. The second kappa shape index (κ2) is 7.04. The van der Waals surface area contributed by atoms with Crippen LogP contribution in [0.3, 0.4) is 0 Å². The van der Waals surface area contributed by atoms with Gasteiger partial charge in [-0.15, -0.1) is 11.3 Å². The molecule has 2 atom stereocenters. The third kappa shape index (κ3) is 4.59. The van der Waals surface area contributed by atoms with E-state index in [9.17, 15) is 23.5 Å². The Hall–Kier alpha value is -1.70. The average Bonchev–Trinajstić information content (AvgIpc) is 3.12. The Morgan fingerprint density at radius 2 is 1.93 bits per heavy atom. The minimum atomic E-state index is -2.61. The molecular formula is C19H26F2N2O3S. The van der Waals surface area contributed by atoms with Crippen molar-refractivity contribution in [3.8, 4) is 0 Å². The van der Waals surface area contributed by atoms with E-state index in [2.05, 4.69) is 5.32 Å². The van der Waals surface area contributed by atoms with Crippen molar-refractivity contribution in [1.82, 2.24) is 10.2 Å². The van der Waals surface area contributed by atoms with Crippen LogP contribution in [0.25, 0.3) is 0 Å². The Morgan fingerprint density at radius 1 is 1.30 bits per heavy atom. The maximum absolute atomic E-state index is 13.2. The van der Waals surface area contributed by atoms with Crippen molar-refractivity contribution >= 4 is 23.3 Å². The van der Waals surface area contributed by atoms with Gasteiger partial charge in [0.05, 0.1) is 4.88 Å². The van der Waals surface area contributed by atoms with Crippen molar-refractivity contribution in [3.63, 3.8) is 0 Å². The van der Waals surface area contributed by atoms with Gasteiger partial charge in [-0.3, -0.25) is 9.69 Å². The monoisotopic (exact) mass is 400 g/mol. The largest absolute Gasteiger partial charge is 0.465 e. The fourth-order valence-corrected chi connectivity index (χ4v) is 4.73. The molecule has 0 unspecified atom stereocenters. The van der Waals surface area contributed by atoms with Crippen LogP contribution in [0.1, 0.15) is 74.0 Å². The molecule has 1 heterocycles. The van der Waals surface area contributed by atoms with Gasteiger partial charge in [-0.25, -0.2) is 13.6 Å². The fraction of sp³-hybridized carbons (Fsp3) is 0.684. The molecule has 1 aromatic rings. The first-order valence-electron chi connectivity index (χ1n) is 9.27. The van der Waals surface area contributed by atoms with Crippen LogP contribution >= 0.6 is 11.3 Å². The minimum absolute atomic E-state index is 0.0754. The lowest BCUT2D eigenvalue weighted by molar-refractivity contribution is -0.0399. The van der Waals surface area contributed by atoms with Gasteiger partial charge in [0.15, 0.2) is 0 Å². The number of hydrogen-bond acceptors (Lipinski definition) is 3. The molecule has 3 rings (SSSR count). The van der Waals surface area contributed by atoms with Crippen molar-refractivity contribution < 1.29 is 23.5 Å². The number of amides is 2. The van der Waals surface area contributed by atoms with Crippen LogP contribution in [0.5, 0.6) is 0 Å². The quantitative estimate of drug-likeness (QED) is 0.770. The number of carbonyl (C=O) groups excluding carboxylic acids is 1. The summed E-state index contributed by atoms with van der Waals surface area (Å²) in [5.74, 6) is -2.74. The van der Waals surface area contributed by atoms with Crippen molar-refractivity contribution in [2.24, 2.45) is 0 Å². The number of nitrogens with zero attached hydrogens (tertiary/aromatic N) is 1. The molecule has 0 aliphatic heterocycles. The molecule has 5 nitrogen and oxygen atoms in total. The zero-order chi connectivity index (χ0) is 20.0. The van der Waals surface area contributed by atoms with Gasteiger partial charge in [0.2, 0.25) is 5.92 Å². The van der Waals surface area contributed by atoms with E-state index in [1.54, 1.807) is 0 Å². The second-order valence-corrected chi connectivity index (χ2v) is 9.49. The molecule has 8 heteroatoms. The number of rotatable bonds is 4. The van der Waals surface area contributed by atoms with E-state index in [1.807, 2.05) is 32.2 Å². The zero-order valence-corrected chi connectivity index (χ0v) is 16.6. The average molecular weight is 400 g/mol. The molecule has 0 aromatic carbocycles. The summed E-state index contributed by atoms with van der Waals surface area (Å²) in [7, 11) is 0. The SMILES string of the molecule is CC(C)(C)N(C(=O)O)[C@@H]1C[C@H]1c1csc(C(=O)NC2CCC(F)(F)CC2)c1. The number of halogens is 2. The van der Waals surface area contributed by atoms with Crippen molar-refractivity contribution in [2.45, 2.75) is 82.3 Å². The van der Waals surface area contributed by atoms with Gasteiger partial charge in [-0.05, 0) is 57.0 Å².